The van der Waals surface area contributed by atoms with Gasteiger partial charge in [0.15, 0.2) is 0 Å². The van der Waals surface area contributed by atoms with E-state index < -0.39 is 18.0 Å². The fraction of sp³-hybridized carbons (Fsp3) is 0.212. The summed E-state index contributed by atoms with van der Waals surface area (Å²) in [6.45, 7) is 0.457. The van der Waals surface area contributed by atoms with Gasteiger partial charge in [-0.05, 0) is 76.1 Å². The molecule has 0 heterocycles. The average molecular weight is 538 g/mol. The summed E-state index contributed by atoms with van der Waals surface area (Å²) >= 11 is 0. The van der Waals surface area contributed by atoms with Crippen LogP contribution >= 0.6 is 0 Å². The van der Waals surface area contributed by atoms with Crippen LogP contribution in [0.15, 0.2) is 84.9 Å². The van der Waals surface area contributed by atoms with E-state index in [1.165, 1.54) is 22.3 Å². The molecule has 4 aromatic rings. The lowest BCUT2D eigenvalue weighted by molar-refractivity contribution is -0.137. The SMILES string of the molecule is COc1ccc(C(N)c2ccc(OCCCC(=O)O)cc2)c(C(=O)OCc2cccc3c2Cc2ccccc2-3)c1. The lowest BCUT2D eigenvalue weighted by Crippen LogP contribution is -2.18. The molecule has 3 N–H and O–H groups in total. The second-order valence-corrected chi connectivity index (χ2v) is 9.70. The minimum Gasteiger partial charge on any atom is -0.497 e. The lowest BCUT2D eigenvalue weighted by atomic mass is 9.94. The first-order chi connectivity index (χ1) is 19.4. The maximum absolute atomic E-state index is 13.4. The molecule has 0 aliphatic heterocycles. The highest BCUT2D eigenvalue weighted by Gasteiger charge is 2.23. The molecule has 40 heavy (non-hydrogen) atoms. The molecule has 4 aromatic carbocycles. The van der Waals surface area contributed by atoms with Crippen LogP contribution in [0, 0.1) is 0 Å². The number of benzene rings is 4. The highest BCUT2D eigenvalue weighted by molar-refractivity contribution is 5.92. The number of methoxy groups -OCH3 is 1. The molecule has 5 rings (SSSR count). The van der Waals surface area contributed by atoms with Crippen molar-refractivity contribution >= 4 is 11.9 Å². The van der Waals surface area contributed by atoms with Gasteiger partial charge in [0, 0.05) is 6.42 Å². The standard InChI is InChI=1S/C33H31NO6/c1-38-25-15-16-28(32(34)21-11-13-24(14-12-21)39-17-5-10-31(35)36)30(19-25)33(37)40-20-23-7-4-9-27-26-8-3-2-6-22(26)18-29(23)27/h2-4,6-9,11-16,19,32H,5,10,17-18,20,34H2,1H3,(H,35,36). The molecule has 0 spiro atoms. The van der Waals surface area contributed by atoms with Gasteiger partial charge in [0.2, 0.25) is 0 Å². The maximum atomic E-state index is 13.4. The fourth-order valence-electron chi connectivity index (χ4n) is 5.05. The van der Waals surface area contributed by atoms with E-state index in [2.05, 4.69) is 18.2 Å². The molecule has 1 atom stereocenters. The van der Waals surface area contributed by atoms with E-state index in [9.17, 15) is 9.59 Å². The first-order valence-corrected chi connectivity index (χ1v) is 13.2. The van der Waals surface area contributed by atoms with Crippen LogP contribution in [0.2, 0.25) is 0 Å². The Hall–Kier alpha value is -4.62. The van der Waals surface area contributed by atoms with Gasteiger partial charge in [-0.3, -0.25) is 4.79 Å². The number of carboxylic acids is 1. The smallest absolute Gasteiger partial charge is 0.338 e. The first kappa shape index (κ1) is 27.0. The van der Waals surface area contributed by atoms with E-state index in [0.717, 1.165) is 17.5 Å². The lowest BCUT2D eigenvalue weighted by Gasteiger charge is -2.18. The van der Waals surface area contributed by atoms with Gasteiger partial charge >= 0.3 is 11.9 Å². The molecule has 204 valence electrons. The van der Waals surface area contributed by atoms with Gasteiger partial charge in [0.1, 0.15) is 18.1 Å². The van der Waals surface area contributed by atoms with E-state index >= 15 is 0 Å². The molecule has 1 aliphatic rings. The summed E-state index contributed by atoms with van der Waals surface area (Å²) < 4.78 is 16.8. The Morgan fingerprint density at radius 2 is 1.68 bits per heavy atom. The Bertz CT molecular complexity index is 1530. The predicted octanol–water partition coefficient (Wildman–Crippen LogP) is 5.92. The number of hydrogen-bond acceptors (Lipinski definition) is 6. The van der Waals surface area contributed by atoms with Crippen molar-refractivity contribution in [2.45, 2.75) is 31.9 Å². The van der Waals surface area contributed by atoms with Crippen LogP contribution < -0.4 is 15.2 Å². The molecule has 7 nitrogen and oxygen atoms in total. The van der Waals surface area contributed by atoms with Crippen LogP contribution in [0.25, 0.3) is 11.1 Å². The number of carboxylic acid groups (broad SMARTS) is 1. The number of esters is 1. The summed E-state index contributed by atoms with van der Waals surface area (Å²) in [6, 6.07) is 26.3. The van der Waals surface area contributed by atoms with Gasteiger partial charge in [0.25, 0.3) is 0 Å². The van der Waals surface area contributed by atoms with Gasteiger partial charge in [-0.2, -0.15) is 0 Å². The van der Waals surface area contributed by atoms with Crippen LogP contribution in [0.1, 0.15) is 57.1 Å². The number of carbonyl (C=O) groups is 2. The van der Waals surface area contributed by atoms with Crippen LogP contribution in [0.5, 0.6) is 11.5 Å². The quantitative estimate of drug-likeness (QED) is 0.159. The van der Waals surface area contributed by atoms with Crippen molar-refractivity contribution in [2.24, 2.45) is 5.73 Å². The zero-order valence-electron chi connectivity index (χ0n) is 22.3. The van der Waals surface area contributed by atoms with Crippen molar-refractivity contribution < 1.29 is 28.9 Å². The normalized spacial score (nSPS) is 12.2. The average Bonchev–Trinajstić information content (AvgIpc) is 3.37. The third kappa shape index (κ3) is 5.84. The molecule has 1 unspecified atom stereocenters. The van der Waals surface area contributed by atoms with Gasteiger partial charge in [0.05, 0.1) is 25.3 Å². The molecule has 0 saturated carbocycles. The molecule has 0 fully saturated rings. The fourth-order valence-corrected chi connectivity index (χ4v) is 5.05. The Labute approximate surface area is 233 Å². The van der Waals surface area contributed by atoms with E-state index in [0.29, 0.717) is 35.7 Å². The van der Waals surface area contributed by atoms with E-state index in [4.69, 9.17) is 25.1 Å². The van der Waals surface area contributed by atoms with Gasteiger partial charge < -0.3 is 25.1 Å². The third-order valence-corrected chi connectivity index (χ3v) is 7.16. The largest absolute Gasteiger partial charge is 0.497 e. The summed E-state index contributed by atoms with van der Waals surface area (Å²) in [7, 11) is 1.55. The second-order valence-electron chi connectivity index (χ2n) is 9.70. The molecule has 0 radical (unpaired) electrons. The monoisotopic (exact) mass is 537 g/mol. The van der Waals surface area contributed by atoms with Crippen LogP contribution in [0.3, 0.4) is 0 Å². The van der Waals surface area contributed by atoms with E-state index in [1.807, 2.05) is 36.4 Å². The Morgan fingerprint density at radius 3 is 2.45 bits per heavy atom. The summed E-state index contributed by atoms with van der Waals surface area (Å²) in [5.41, 5.74) is 14.2. The Kier molecular flexibility index (Phi) is 8.12. The summed E-state index contributed by atoms with van der Waals surface area (Å²) in [5.74, 6) is -0.176. The molecular formula is C33H31NO6. The number of carbonyl (C=O) groups excluding carboxylic acids is 1. The molecular weight excluding hydrogens is 506 g/mol. The van der Waals surface area contributed by atoms with Crippen molar-refractivity contribution in [2.75, 3.05) is 13.7 Å². The molecule has 0 aromatic heterocycles. The third-order valence-electron chi connectivity index (χ3n) is 7.16. The molecule has 0 bridgehead atoms. The maximum Gasteiger partial charge on any atom is 0.338 e. The molecule has 1 aliphatic carbocycles. The topological polar surface area (TPSA) is 108 Å². The Morgan fingerprint density at radius 1 is 0.925 bits per heavy atom. The number of nitrogens with two attached hydrogens (primary N) is 1. The van der Waals surface area contributed by atoms with Crippen LogP contribution in [-0.2, 0) is 22.6 Å². The number of hydrogen-bond donors (Lipinski definition) is 2. The number of fused-ring (bicyclic) bond motifs is 3. The van der Waals surface area contributed by atoms with E-state index in [1.54, 1.807) is 37.4 Å². The van der Waals surface area contributed by atoms with Crippen molar-refractivity contribution in [1.82, 2.24) is 0 Å². The molecule has 7 heteroatoms. The van der Waals surface area contributed by atoms with Crippen molar-refractivity contribution in [3.8, 4) is 22.6 Å². The van der Waals surface area contributed by atoms with Crippen molar-refractivity contribution in [1.29, 1.82) is 0 Å². The van der Waals surface area contributed by atoms with E-state index in [-0.39, 0.29) is 13.0 Å². The van der Waals surface area contributed by atoms with Gasteiger partial charge in [-0.1, -0.05) is 60.7 Å². The highest BCUT2D eigenvalue weighted by atomic mass is 16.5. The van der Waals surface area contributed by atoms with Crippen molar-refractivity contribution in [3.63, 3.8) is 0 Å². The Balaban J connectivity index is 1.31. The van der Waals surface area contributed by atoms with Crippen molar-refractivity contribution in [3.05, 3.63) is 118 Å². The minimum absolute atomic E-state index is 0.0553. The zero-order valence-corrected chi connectivity index (χ0v) is 22.3. The number of rotatable bonds is 11. The molecule has 0 saturated heterocycles. The predicted molar refractivity (Wildman–Crippen MR) is 152 cm³/mol. The summed E-state index contributed by atoms with van der Waals surface area (Å²) in [4.78, 5) is 24.1. The minimum atomic E-state index is -0.850. The second kappa shape index (κ2) is 12.1. The number of ether oxygens (including phenoxy) is 3. The number of aliphatic carboxylic acids is 1. The highest BCUT2D eigenvalue weighted by Crippen LogP contribution is 2.38. The zero-order chi connectivity index (χ0) is 28.1. The first-order valence-electron chi connectivity index (χ1n) is 13.2. The van der Waals surface area contributed by atoms with Crippen LogP contribution in [0.4, 0.5) is 0 Å². The summed E-state index contributed by atoms with van der Waals surface area (Å²) in [6.07, 6.45) is 1.29. The molecule has 0 amide bonds. The van der Waals surface area contributed by atoms with Gasteiger partial charge in [-0.25, -0.2) is 4.79 Å². The van der Waals surface area contributed by atoms with Crippen LogP contribution in [-0.4, -0.2) is 30.8 Å². The summed E-state index contributed by atoms with van der Waals surface area (Å²) in [5, 5.41) is 8.76. The van der Waals surface area contributed by atoms with Gasteiger partial charge in [-0.15, -0.1) is 0 Å².